The summed E-state index contributed by atoms with van der Waals surface area (Å²) < 4.78 is 44.0. The first-order valence-electron chi connectivity index (χ1n) is 20.3. The molecule has 0 spiro atoms. The van der Waals surface area contributed by atoms with Crippen LogP contribution in [-0.2, 0) is 47.5 Å². The molecule has 326 valence electrons. The fourth-order valence-corrected chi connectivity index (χ4v) is 8.90. The maximum absolute atomic E-state index is 14.5. The van der Waals surface area contributed by atoms with E-state index >= 15 is 0 Å². The van der Waals surface area contributed by atoms with E-state index in [1.165, 1.54) is 14.0 Å². The third-order valence-electron chi connectivity index (χ3n) is 11.7. The number of amides is 2. The molecule has 16 atom stereocenters. The smallest absolute Gasteiger partial charge is 0.303 e. The number of methoxy groups -OCH3 is 1. The lowest BCUT2D eigenvalue weighted by atomic mass is 9.77. The predicted octanol–water partition coefficient (Wildman–Crippen LogP) is 3.25. The van der Waals surface area contributed by atoms with Gasteiger partial charge < -0.3 is 58.5 Å². The number of carbonyl (C=O) groups is 3. The lowest BCUT2D eigenvalue weighted by molar-refractivity contribution is -0.318. The number of esters is 1. The molecule has 56 heavy (non-hydrogen) atoms. The molecule has 0 unspecified atom stereocenters. The number of nitrogens with zero attached hydrogens (tertiary/aromatic N) is 2. The quantitative estimate of drug-likeness (QED) is 0.290. The van der Waals surface area contributed by atoms with Crippen LogP contribution in [0.2, 0.25) is 0 Å². The molecule has 3 rings (SSSR count). The van der Waals surface area contributed by atoms with Crippen molar-refractivity contribution in [2.24, 2.45) is 17.8 Å². The molecule has 3 heterocycles. The van der Waals surface area contributed by atoms with Crippen LogP contribution in [0.5, 0.6) is 0 Å². The summed E-state index contributed by atoms with van der Waals surface area (Å²) >= 11 is 0. The Kier molecular flexibility index (Phi) is 16.8. The van der Waals surface area contributed by atoms with Gasteiger partial charge in [0.1, 0.15) is 11.7 Å². The van der Waals surface area contributed by atoms with Crippen LogP contribution in [0.1, 0.15) is 109 Å². The first-order chi connectivity index (χ1) is 25.7. The summed E-state index contributed by atoms with van der Waals surface area (Å²) in [4.78, 5) is 43.9. The Morgan fingerprint density at radius 2 is 1.66 bits per heavy atom. The lowest BCUT2D eigenvalue weighted by Crippen LogP contribution is -2.61. The monoisotopic (exact) mass is 802 g/mol. The van der Waals surface area contributed by atoms with Gasteiger partial charge in [-0.2, -0.15) is 0 Å². The van der Waals surface area contributed by atoms with E-state index in [9.17, 15) is 24.6 Å². The molecule has 0 aromatic rings. The first kappa shape index (κ1) is 48.4. The summed E-state index contributed by atoms with van der Waals surface area (Å²) in [5, 5.41) is 27.2. The second kappa shape index (κ2) is 19.4. The highest BCUT2D eigenvalue weighted by molar-refractivity contribution is 5.81. The molecule has 0 aromatic heterocycles. The number of aliphatic hydroxyl groups excluding tert-OH is 1. The SMILES string of the molecule is CO[C@]1(C)C[C@H](O[C@H]2[C@H](C)[C@@H](O[C@@H]3O[C@H](C)C[C@H](N(C)C)[C@H]3O)[C@](C)(O)C[C@@H](C)CN(C)C(=O)C[C@H]([C@@H](C)OC(C)(C)C)NC(=O)[C@@H]2C)O[C@@H](C)[C@@H]1OC(C)=O. The highest BCUT2D eigenvalue weighted by Crippen LogP contribution is 2.40. The molecule has 0 aliphatic carbocycles. The van der Waals surface area contributed by atoms with E-state index < -0.39 is 95.8 Å². The summed E-state index contributed by atoms with van der Waals surface area (Å²) in [5.74, 6) is -2.86. The zero-order valence-corrected chi connectivity index (χ0v) is 37.0. The molecule has 0 saturated carbocycles. The fourth-order valence-electron chi connectivity index (χ4n) is 8.90. The molecule has 15 heteroatoms. The normalized spacial score (nSPS) is 41.8. The molecule has 15 nitrogen and oxygen atoms in total. The number of ether oxygens (including phenoxy) is 7. The number of hydrogen-bond acceptors (Lipinski definition) is 13. The Hall–Kier alpha value is -1.95. The molecule has 0 bridgehead atoms. The average molecular weight is 802 g/mol. The molecule has 2 amide bonds. The zero-order chi connectivity index (χ0) is 42.7. The predicted molar refractivity (Wildman–Crippen MR) is 209 cm³/mol. The topological polar surface area (TPSA) is 175 Å². The summed E-state index contributed by atoms with van der Waals surface area (Å²) in [7, 11) is 7.03. The highest BCUT2D eigenvalue weighted by Gasteiger charge is 2.52. The second-order valence-electron chi connectivity index (χ2n) is 18.6. The van der Waals surface area contributed by atoms with Gasteiger partial charge in [-0.05, 0) is 88.2 Å². The van der Waals surface area contributed by atoms with Crippen molar-refractivity contribution in [1.82, 2.24) is 15.1 Å². The Balaban J connectivity index is 2.16. The lowest BCUT2D eigenvalue weighted by Gasteiger charge is -2.49. The van der Waals surface area contributed by atoms with E-state index in [2.05, 4.69) is 5.32 Å². The first-order valence-corrected chi connectivity index (χ1v) is 20.3. The van der Waals surface area contributed by atoms with Crippen LogP contribution in [-0.4, -0.2) is 157 Å². The molecular weight excluding hydrogens is 726 g/mol. The Bertz CT molecular complexity index is 1310. The molecule has 3 saturated heterocycles. The zero-order valence-electron chi connectivity index (χ0n) is 37.0. The molecule has 3 aliphatic rings. The van der Waals surface area contributed by atoms with Crippen LogP contribution in [0, 0.1) is 17.8 Å². The van der Waals surface area contributed by atoms with Crippen molar-refractivity contribution in [1.29, 1.82) is 0 Å². The summed E-state index contributed by atoms with van der Waals surface area (Å²) in [6.07, 6.45) is -6.34. The van der Waals surface area contributed by atoms with Crippen LogP contribution < -0.4 is 5.32 Å². The Morgan fingerprint density at radius 3 is 2.21 bits per heavy atom. The van der Waals surface area contributed by atoms with Crippen molar-refractivity contribution >= 4 is 17.8 Å². The van der Waals surface area contributed by atoms with Gasteiger partial charge in [0.15, 0.2) is 18.7 Å². The van der Waals surface area contributed by atoms with Crippen molar-refractivity contribution in [3.05, 3.63) is 0 Å². The number of carbonyl (C=O) groups excluding carboxylic acids is 3. The van der Waals surface area contributed by atoms with Crippen molar-refractivity contribution < 1.29 is 57.8 Å². The summed E-state index contributed by atoms with van der Waals surface area (Å²) in [6.45, 7) is 22.0. The molecule has 3 N–H and O–H groups in total. The number of aliphatic hydroxyl groups is 2. The summed E-state index contributed by atoms with van der Waals surface area (Å²) in [6, 6.07) is -0.952. The number of hydrogen-bond donors (Lipinski definition) is 3. The van der Waals surface area contributed by atoms with Crippen LogP contribution >= 0.6 is 0 Å². The largest absolute Gasteiger partial charge is 0.457 e. The molecule has 3 aliphatic heterocycles. The molecule has 0 radical (unpaired) electrons. The second-order valence-corrected chi connectivity index (χ2v) is 18.6. The van der Waals surface area contributed by atoms with E-state index in [1.54, 1.807) is 32.7 Å². The van der Waals surface area contributed by atoms with E-state index in [0.29, 0.717) is 13.0 Å². The minimum atomic E-state index is -1.57. The van der Waals surface area contributed by atoms with Gasteiger partial charge >= 0.3 is 5.97 Å². The van der Waals surface area contributed by atoms with Gasteiger partial charge in [0, 0.05) is 52.4 Å². The van der Waals surface area contributed by atoms with E-state index in [4.69, 9.17) is 33.2 Å². The van der Waals surface area contributed by atoms with Gasteiger partial charge in [-0.25, -0.2) is 0 Å². The molecule has 3 fully saturated rings. The maximum atomic E-state index is 14.5. The third kappa shape index (κ3) is 12.5. The Labute approximate surface area is 335 Å². The van der Waals surface area contributed by atoms with Gasteiger partial charge in [0.05, 0.1) is 53.7 Å². The van der Waals surface area contributed by atoms with E-state index in [1.807, 2.05) is 74.4 Å². The maximum Gasteiger partial charge on any atom is 0.303 e. The van der Waals surface area contributed by atoms with Gasteiger partial charge in [0.2, 0.25) is 11.8 Å². The Morgan fingerprint density at radius 1 is 1.04 bits per heavy atom. The van der Waals surface area contributed by atoms with Crippen molar-refractivity contribution in [3.63, 3.8) is 0 Å². The minimum absolute atomic E-state index is 0.00273. The van der Waals surface area contributed by atoms with Crippen molar-refractivity contribution in [2.45, 2.75) is 193 Å². The van der Waals surface area contributed by atoms with Crippen LogP contribution in [0.4, 0.5) is 0 Å². The van der Waals surface area contributed by atoms with E-state index in [0.717, 1.165) is 0 Å². The average Bonchev–Trinajstić information content (AvgIpc) is 3.06. The minimum Gasteiger partial charge on any atom is -0.457 e. The molecular formula is C41H75N3O12. The third-order valence-corrected chi connectivity index (χ3v) is 11.7. The van der Waals surface area contributed by atoms with Crippen LogP contribution in [0.25, 0.3) is 0 Å². The van der Waals surface area contributed by atoms with Gasteiger partial charge in [-0.3, -0.25) is 14.4 Å². The van der Waals surface area contributed by atoms with Crippen molar-refractivity contribution in [3.8, 4) is 0 Å². The van der Waals surface area contributed by atoms with Gasteiger partial charge in [-0.15, -0.1) is 0 Å². The number of likely N-dealkylation sites (N-methyl/N-ethyl adjacent to an activating group) is 1. The van der Waals surface area contributed by atoms with Crippen LogP contribution in [0.3, 0.4) is 0 Å². The van der Waals surface area contributed by atoms with E-state index in [-0.39, 0.29) is 43.2 Å². The standard InChI is InChI=1S/C41H75N3O12/c1-22-19-40(11,49)35(55-38-33(47)30(43(13)14)17-23(2)51-38)24(3)34(54-32-20-41(12,50-16)36(27(6)52-32)53-28(7)45)25(4)37(48)42-29(18-31(46)44(15)21-22)26(5)56-39(8,9)10/h22-27,29-30,32-36,38,47,49H,17-21H2,1-16H3,(H,42,48)/t22-,23-,24+,25-,26-,27+,29-,30+,32+,33-,34+,35-,36+,38+,40-,41-/m1/s1. The summed E-state index contributed by atoms with van der Waals surface area (Å²) in [5.41, 5.74) is -3.12. The fraction of sp³-hybridized carbons (Fsp3) is 0.927. The number of nitrogens with one attached hydrogen (secondary N) is 1. The molecule has 0 aromatic carbocycles. The van der Waals surface area contributed by atoms with Crippen LogP contribution in [0.15, 0.2) is 0 Å². The van der Waals surface area contributed by atoms with Crippen molar-refractivity contribution in [2.75, 3.05) is 34.8 Å². The van der Waals surface area contributed by atoms with Gasteiger partial charge in [-0.1, -0.05) is 20.8 Å². The van der Waals surface area contributed by atoms with Gasteiger partial charge in [0.25, 0.3) is 0 Å². The highest BCUT2D eigenvalue weighted by atomic mass is 16.7. The number of rotatable bonds is 9.